The highest BCUT2D eigenvalue weighted by molar-refractivity contribution is 7.22. The van der Waals surface area contributed by atoms with Gasteiger partial charge >= 0.3 is 18.3 Å². The van der Waals surface area contributed by atoms with Gasteiger partial charge in [-0.2, -0.15) is 8.78 Å². The van der Waals surface area contributed by atoms with Crippen molar-refractivity contribution in [3.8, 4) is 0 Å². The Bertz CT molecular complexity index is 867. The Morgan fingerprint density at radius 2 is 1.89 bits per heavy atom. The number of esters is 1. The van der Waals surface area contributed by atoms with E-state index in [1.165, 1.54) is 11.3 Å². The van der Waals surface area contributed by atoms with Crippen LogP contribution in [0.5, 0.6) is 0 Å². The third-order valence-electron chi connectivity index (χ3n) is 4.32. The predicted octanol–water partition coefficient (Wildman–Crippen LogP) is 4.26. The van der Waals surface area contributed by atoms with Crippen LogP contribution in [0.3, 0.4) is 0 Å². The molecule has 2 aromatic rings. The van der Waals surface area contributed by atoms with Gasteiger partial charge in [-0.25, -0.2) is 13.8 Å². The number of carbonyl (C=O) groups excluding carboxylic acids is 2. The molecule has 1 aromatic heterocycles. The van der Waals surface area contributed by atoms with Gasteiger partial charge < -0.3 is 10.1 Å². The molecule has 10 heteroatoms. The number of benzene rings is 1. The Hall–Kier alpha value is -2.49. The number of nitrogens with zero attached hydrogens (tertiary/aromatic N) is 1. The Morgan fingerprint density at radius 3 is 2.57 bits per heavy atom. The SMILES string of the molecule is O=C(Nc1nc2ccccc2s1)[C@H]1CC=CC[C@H]1C(=O)OCC(F)(F)C(F)F. The second kappa shape index (κ2) is 8.26. The molecule has 0 spiro atoms. The number of para-hydroxylation sites is 1. The van der Waals surface area contributed by atoms with E-state index in [0.29, 0.717) is 10.6 Å². The lowest BCUT2D eigenvalue weighted by Gasteiger charge is -2.26. The van der Waals surface area contributed by atoms with Crippen molar-refractivity contribution in [3.05, 3.63) is 36.4 Å². The van der Waals surface area contributed by atoms with Crippen LogP contribution in [0.25, 0.3) is 10.2 Å². The quantitative estimate of drug-likeness (QED) is 0.434. The molecule has 0 fully saturated rings. The molecule has 1 aromatic carbocycles. The second-order valence-corrected chi connectivity index (χ2v) is 7.33. The van der Waals surface area contributed by atoms with Crippen molar-refractivity contribution in [2.45, 2.75) is 25.2 Å². The minimum Gasteiger partial charge on any atom is -0.459 e. The number of amides is 1. The Morgan fingerprint density at radius 1 is 1.21 bits per heavy atom. The number of carbonyl (C=O) groups is 2. The molecule has 1 amide bonds. The summed E-state index contributed by atoms with van der Waals surface area (Å²) < 4.78 is 55.7. The van der Waals surface area contributed by atoms with Gasteiger partial charge in [-0.3, -0.25) is 9.59 Å². The summed E-state index contributed by atoms with van der Waals surface area (Å²) in [7, 11) is 0. The fourth-order valence-electron chi connectivity index (χ4n) is 2.83. The molecule has 1 aliphatic carbocycles. The molecule has 0 bridgehead atoms. The first-order valence-electron chi connectivity index (χ1n) is 8.42. The van der Waals surface area contributed by atoms with Gasteiger partial charge in [-0.05, 0) is 25.0 Å². The smallest absolute Gasteiger partial charge is 0.340 e. The highest BCUT2D eigenvalue weighted by Gasteiger charge is 2.44. The number of nitrogens with one attached hydrogen (secondary N) is 1. The maximum Gasteiger partial charge on any atom is 0.340 e. The van der Waals surface area contributed by atoms with Crippen molar-refractivity contribution < 1.29 is 31.9 Å². The summed E-state index contributed by atoms with van der Waals surface area (Å²) in [6.45, 7) is -1.73. The normalized spacial score (nSPS) is 19.8. The van der Waals surface area contributed by atoms with E-state index < -0.39 is 42.7 Å². The molecule has 5 nitrogen and oxygen atoms in total. The number of ether oxygens (including phenoxy) is 1. The zero-order valence-corrected chi connectivity index (χ0v) is 15.2. The van der Waals surface area contributed by atoms with Crippen LogP contribution in [0, 0.1) is 11.8 Å². The van der Waals surface area contributed by atoms with E-state index in [-0.39, 0.29) is 12.8 Å². The first kappa shape index (κ1) is 20.2. The monoisotopic (exact) mass is 416 g/mol. The molecule has 1 aliphatic rings. The number of aromatic nitrogens is 1. The standard InChI is InChI=1S/C18H16F4N2O3S/c19-16(20)18(21,22)9-27-15(26)11-6-2-1-5-10(11)14(25)24-17-23-12-7-3-4-8-13(12)28-17/h1-4,7-8,10-11,16H,5-6,9H2,(H,23,24,25)/t10-,11+/m0/s1. The maximum atomic E-state index is 13.0. The molecule has 1 heterocycles. The molecular formula is C18H16F4N2O3S. The number of hydrogen-bond acceptors (Lipinski definition) is 5. The number of allylic oxidation sites excluding steroid dienone is 2. The van der Waals surface area contributed by atoms with Gasteiger partial charge in [-0.1, -0.05) is 35.6 Å². The Balaban J connectivity index is 1.67. The van der Waals surface area contributed by atoms with Crippen molar-refractivity contribution in [1.82, 2.24) is 4.98 Å². The molecule has 1 N–H and O–H groups in total. The Labute approximate surface area is 161 Å². The lowest BCUT2D eigenvalue weighted by Crippen LogP contribution is -2.39. The zero-order chi connectivity index (χ0) is 20.3. The average molecular weight is 416 g/mol. The van der Waals surface area contributed by atoms with Crippen molar-refractivity contribution in [3.63, 3.8) is 0 Å². The minimum atomic E-state index is -4.43. The van der Waals surface area contributed by atoms with Crippen LogP contribution in [-0.2, 0) is 14.3 Å². The highest BCUT2D eigenvalue weighted by atomic mass is 32.1. The van der Waals surface area contributed by atoms with E-state index in [9.17, 15) is 27.2 Å². The molecule has 2 atom stereocenters. The topological polar surface area (TPSA) is 68.3 Å². The molecule has 3 rings (SSSR count). The number of halogens is 4. The van der Waals surface area contributed by atoms with Gasteiger partial charge in [0.05, 0.1) is 22.1 Å². The predicted molar refractivity (Wildman–Crippen MR) is 95.5 cm³/mol. The number of thiazole rings is 1. The summed E-state index contributed by atoms with van der Waals surface area (Å²) in [4.78, 5) is 29.0. The molecule has 0 saturated heterocycles. The number of alkyl halides is 4. The first-order valence-corrected chi connectivity index (χ1v) is 9.23. The molecule has 0 radical (unpaired) electrons. The van der Waals surface area contributed by atoms with Crippen LogP contribution in [0.1, 0.15) is 12.8 Å². The fraction of sp³-hybridized carbons (Fsp3) is 0.389. The lowest BCUT2D eigenvalue weighted by atomic mass is 9.82. The summed E-state index contributed by atoms with van der Waals surface area (Å²) in [5, 5.41) is 2.98. The molecule has 150 valence electrons. The average Bonchev–Trinajstić information content (AvgIpc) is 3.08. The van der Waals surface area contributed by atoms with Crippen molar-refractivity contribution in [2.24, 2.45) is 11.8 Å². The van der Waals surface area contributed by atoms with Crippen molar-refractivity contribution in [2.75, 3.05) is 11.9 Å². The van der Waals surface area contributed by atoms with E-state index >= 15 is 0 Å². The number of rotatable bonds is 6. The van der Waals surface area contributed by atoms with Crippen molar-refractivity contribution >= 4 is 38.6 Å². The summed E-state index contributed by atoms with van der Waals surface area (Å²) >= 11 is 1.26. The molecule has 0 saturated carbocycles. The van der Waals surface area contributed by atoms with Crippen LogP contribution in [-0.4, -0.2) is 35.8 Å². The van der Waals surface area contributed by atoms with Crippen LogP contribution in [0.15, 0.2) is 36.4 Å². The third-order valence-corrected chi connectivity index (χ3v) is 5.27. The van der Waals surface area contributed by atoms with Crippen molar-refractivity contribution in [1.29, 1.82) is 0 Å². The van der Waals surface area contributed by atoms with Gasteiger partial charge in [0.1, 0.15) is 0 Å². The van der Waals surface area contributed by atoms with E-state index in [1.54, 1.807) is 24.3 Å². The largest absolute Gasteiger partial charge is 0.459 e. The summed E-state index contributed by atoms with van der Waals surface area (Å²) in [6.07, 6.45) is -0.331. The number of fused-ring (bicyclic) bond motifs is 1. The maximum absolute atomic E-state index is 13.0. The van der Waals surface area contributed by atoms with Crippen LogP contribution < -0.4 is 5.32 Å². The highest BCUT2D eigenvalue weighted by Crippen LogP contribution is 2.31. The third kappa shape index (κ3) is 4.49. The van der Waals surface area contributed by atoms with E-state index in [4.69, 9.17) is 0 Å². The van der Waals surface area contributed by atoms with Gasteiger partial charge in [0.15, 0.2) is 11.7 Å². The van der Waals surface area contributed by atoms with Gasteiger partial charge in [-0.15, -0.1) is 0 Å². The van der Waals surface area contributed by atoms with Gasteiger partial charge in [0.25, 0.3) is 0 Å². The number of hydrogen-bond donors (Lipinski definition) is 1. The van der Waals surface area contributed by atoms with Crippen LogP contribution in [0.4, 0.5) is 22.7 Å². The van der Waals surface area contributed by atoms with Gasteiger partial charge in [0.2, 0.25) is 5.91 Å². The molecular weight excluding hydrogens is 400 g/mol. The van der Waals surface area contributed by atoms with Crippen LogP contribution >= 0.6 is 11.3 Å². The van der Waals surface area contributed by atoms with E-state index in [2.05, 4.69) is 15.0 Å². The lowest BCUT2D eigenvalue weighted by molar-refractivity contribution is -0.184. The summed E-state index contributed by atoms with van der Waals surface area (Å²) in [5.74, 6) is -7.95. The molecule has 28 heavy (non-hydrogen) atoms. The van der Waals surface area contributed by atoms with E-state index in [0.717, 1.165) is 4.70 Å². The molecule has 0 aliphatic heterocycles. The summed E-state index contributed by atoms with van der Waals surface area (Å²) in [5.41, 5.74) is 0.705. The summed E-state index contributed by atoms with van der Waals surface area (Å²) in [6, 6.07) is 7.27. The molecule has 0 unspecified atom stereocenters. The number of anilines is 1. The minimum absolute atomic E-state index is 0.0943. The Kier molecular flexibility index (Phi) is 5.97. The first-order chi connectivity index (χ1) is 13.3. The van der Waals surface area contributed by atoms with E-state index in [1.807, 2.05) is 12.1 Å². The zero-order valence-electron chi connectivity index (χ0n) is 14.4. The van der Waals surface area contributed by atoms with Crippen LogP contribution in [0.2, 0.25) is 0 Å². The fourth-order valence-corrected chi connectivity index (χ4v) is 3.69. The second-order valence-electron chi connectivity index (χ2n) is 6.30. The van der Waals surface area contributed by atoms with Gasteiger partial charge in [0, 0.05) is 0 Å².